The number of carbonyl (C=O) groups excluding carboxylic acids is 3. The number of halogens is 3. The van der Waals surface area contributed by atoms with E-state index in [0.29, 0.717) is 4.90 Å². The molecule has 2 aromatic rings. The topological polar surface area (TPSA) is 88.1 Å². The maximum Gasteiger partial charge on any atom is 0.416 e. The van der Waals surface area contributed by atoms with Gasteiger partial charge >= 0.3 is 12.1 Å². The molecule has 0 saturated carbocycles. The third-order valence-electron chi connectivity index (χ3n) is 5.07. The molecule has 2 aromatic carbocycles. The molecule has 10 heteroatoms. The van der Waals surface area contributed by atoms with Gasteiger partial charge in [-0.25, -0.2) is 9.69 Å². The van der Waals surface area contributed by atoms with E-state index in [9.17, 15) is 27.6 Å². The summed E-state index contributed by atoms with van der Waals surface area (Å²) in [6.45, 7) is 0.00886. The number of hydrazone groups is 1. The quantitative estimate of drug-likeness (QED) is 0.594. The highest BCUT2D eigenvalue weighted by atomic mass is 19.4. The number of hydrogen-bond acceptors (Lipinski definition) is 6. The number of esters is 1. The lowest BCUT2D eigenvalue weighted by molar-refractivity contribution is -0.138. The van der Waals surface area contributed by atoms with Crippen LogP contribution >= 0.6 is 0 Å². The maximum absolute atomic E-state index is 13.0. The van der Waals surface area contributed by atoms with Crippen molar-refractivity contribution in [3.63, 3.8) is 0 Å². The number of carbonyl (C=O) groups is 3. The summed E-state index contributed by atoms with van der Waals surface area (Å²) in [5.41, 5.74) is 0.544. The van der Waals surface area contributed by atoms with E-state index < -0.39 is 35.1 Å². The Morgan fingerprint density at radius 2 is 1.84 bits per heavy atom. The second-order valence-corrected chi connectivity index (χ2v) is 7.25. The van der Waals surface area contributed by atoms with Gasteiger partial charge < -0.3 is 4.74 Å². The summed E-state index contributed by atoms with van der Waals surface area (Å²) in [5.74, 6) is -2.21. The second kappa shape index (κ2) is 7.53. The predicted molar refractivity (Wildman–Crippen MR) is 103 cm³/mol. The van der Waals surface area contributed by atoms with Crippen molar-refractivity contribution in [2.75, 3.05) is 4.90 Å². The number of amides is 2. The van der Waals surface area contributed by atoms with E-state index in [1.54, 1.807) is 24.3 Å². The normalized spacial score (nSPS) is 20.7. The minimum absolute atomic E-state index is 0.00886. The molecule has 31 heavy (non-hydrogen) atoms. The number of rotatable bonds is 4. The van der Waals surface area contributed by atoms with Gasteiger partial charge in [0, 0.05) is 6.42 Å². The Bertz CT molecular complexity index is 1080. The number of nitrogens with zero attached hydrogens (tertiary/aromatic N) is 2. The summed E-state index contributed by atoms with van der Waals surface area (Å²) in [7, 11) is 0. The molecule has 1 atom stereocenters. The van der Waals surface area contributed by atoms with Crippen molar-refractivity contribution in [3.8, 4) is 0 Å². The van der Waals surface area contributed by atoms with Gasteiger partial charge in [0.25, 0.3) is 5.91 Å². The first-order valence-electron chi connectivity index (χ1n) is 9.29. The molecular formula is C21H16F3N3O4. The van der Waals surface area contributed by atoms with Crippen LogP contribution in [0, 0.1) is 0 Å². The minimum Gasteiger partial charge on any atom is -0.456 e. The highest BCUT2D eigenvalue weighted by molar-refractivity contribution is 6.39. The number of imide groups is 1. The van der Waals surface area contributed by atoms with Crippen LogP contribution in [0.2, 0.25) is 0 Å². The van der Waals surface area contributed by atoms with Gasteiger partial charge in [-0.15, -0.1) is 0 Å². The van der Waals surface area contributed by atoms with Gasteiger partial charge in [0.15, 0.2) is 0 Å². The lowest BCUT2D eigenvalue weighted by Gasteiger charge is -2.21. The number of nitrogens with one attached hydrogen (secondary N) is 1. The summed E-state index contributed by atoms with van der Waals surface area (Å²) in [5, 5.41) is 3.87. The third-order valence-corrected chi connectivity index (χ3v) is 5.07. The molecule has 0 radical (unpaired) electrons. The molecule has 4 rings (SSSR count). The molecular weight excluding hydrogens is 415 g/mol. The summed E-state index contributed by atoms with van der Waals surface area (Å²) in [4.78, 5) is 38.5. The van der Waals surface area contributed by atoms with Crippen LogP contribution in [-0.4, -0.2) is 29.0 Å². The number of ether oxygens (including phenoxy) is 1. The van der Waals surface area contributed by atoms with Crippen molar-refractivity contribution in [3.05, 3.63) is 65.7 Å². The summed E-state index contributed by atoms with van der Waals surface area (Å²) >= 11 is 0. The molecule has 7 nitrogen and oxygen atoms in total. The zero-order chi connectivity index (χ0) is 22.2. The molecule has 2 aliphatic rings. The Labute approximate surface area is 174 Å². The standard InChI is InChI=1S/C21H16F3N3O4/c22-21(23,24)14-7-4-8-15(9-14)27-17(28)11-20(19(27)30)10-16(25-26-20)18(29)31-12-13-5-2-1-3-6-13/h1-9,26H,10-12H2. The average Bonchev–Trinajstić information content (AvgIpc) is 3.27. The van der Waals surface area contributed by atoms with Gasteiger partial charge in [0.1, 0.15) is 17.9 Å². The molecule has 1 saturated heterocycles. The molecule has 1 fully saturated rings. The van der Waals surface area contributed by atoms with E-state index in [0.717, 1.165) is 23.8 Å². The van der Waals surface area contributed by atoms with Crippen molar-refractivity contribution >= 4 is 29.2 Å². The van der Waals surface area contributed by atoms with Gasteiger partial charge in [-0.3, -0.25) is 15.0 Å². The fraction of sp³-hybridized carbons (Fsp3) is 0.238. The van der Waals surface area contributed by atoms with Gasteiger partial charge in [0.2, 0.25) is 5.91 Å². The van der Waals surface area contributed by atoms with E-state index in [1.807, 2.05) is 6.07 Å². The molecule has 1 unspecified atom stereocenters. The molecule has 2 amide bonds. The molecule has 0 bridgehead atoms. The van der Waals surface area contributed by atoms with Crippen molar-refractivity contribution in [1.29, 1.82) is 0 Å². The van der Waals surface area contributed by atoms with Crippen molar-refractivity contribution < 1.29 is 32.3 Å². The second-order valence-electron chi connectivity index (χ2n) is 7.25. The number of alkyl halides is 3. The molecule has 1 N–H and O–H groups in total. The fourth-order valence-corrected chi connectivity index (χ4v) is 3.51. The Hall–Kier alpha value is -3.69. The molecule has 2 heterocycles. The first-order valence-corrected chi connectivity index (χ1v) is 9.29. The monoisotopic (exact) mass is 431 g/mol. The molecule has 1 spiro atoms. The Balaban J connectivity index is 1.47. The Morgan fingerprint density at radius 3 is 2.55 bits per heavy atom. The molecule has 0 aliphatic carbocycles. The van der Waals surface area contributed by atoms with Crippen LogP contribution in [0.4, 0.5) is 18.9 Å². The summed E-state index contributed by atoms with van der Waals surface area (Å²) in [6, 6.07) is 12.9. The van der Waals surface area contributed by atoms with E-state index in [4.69, 9.17) is 4.74 Å². The zero-order valence-corrected chi connectivity index (χ0v) is 16.0. The lowest BCUT2D eigenvalue weighted by Crippen LogP contribution is -2.47. The van der Waals surface area contributed by atoms with Crippen molar-refractivity contribution in [2.24, 2.45) is 5.10 Å². The van der Waals surface area contributed by atoms with Gasteiger partial charge in [-0.2, -0.15) is 18.3 Å². The summed E-state index contributed by atoms with van der Waals surface area (Å²) in [6.07, 6.45) is -5.17. The average molecular weight is 431 g/mol. The third kappa shape index (κ3) is 3.88. The fourth-order valence-electron chi connectivity index (χ4n) is 3.51. The largest absolute Gasteiger partial charge is 0.456 e. The first-order chi connectivity index (χ1) is 14.7. The number of anilines is 1. The maximum atomic E-state index is 13.0. The molecule has 0 aromatic heterocycles. The number of hydrogen-bond donors (Lipinski definition) is 1. The van der Waals surface area contributed by atoms with Crippen LogP contribution in [0.15, 0.2) is 59.7 Å². The highest BCUT2D eigenvalue weighted by Gasteiger charge is 2.56. The Morgan fingerprint density at radius 1 is 1.10 bits per heavy atom. The smallest absolute Gasteiger partial charge is 0.416 e. The van der Waals surface area contributed by atoms with E-state index in [-0.39, 0.29) is 30.8 Å². The Kier molecular flexibility index (Phi) is 5.00. The lowest BCUT2D eigenvalue weighted by atomic mass is 9.92. The van der Waals surface area contributed by atoms with Crippen LogP contribution in [0.3, 0.4) is 0 Å². The highest BCUT2D eigenvalue weighted by Crippen LogP contribution is 2.37. The van der Waals surface area contributed by atoms with Crippen molar-refractivity contribution in [1.82, 2.24) is 5.43 Å². The number of benzene rings is 2. The van der Waals surface area contributed by atoms with Crippen molar-refractivity contribution in [2.45, 2.75) is 31.2 Å². The first kappa shape index (κ1) is 20.6. The van der Waals surface area contributed by atoms with Crippen LogP contribution in [0.25, 0.3) is 0 Å². The summed E-state index contributed by atoms with van der Waals surface area (Å²) < 4.78 is 44.2. The zero-order valence-electron chi connectivity index (χ0n) is 16.0. The van der Waals surface area contributed by atoms with E-state index in [2.05, 4.69) is 10.5 Å². The van der Waals surface area contributed by atoms with Gasteiger partial charge in [0.05, 0.1) is 17.7 Å². The van der Waals surface area contributed by atoms with Crippen LogP contribution < -0.4 is 10.3 Å². The van der Waals surface area contributed by atoms with E-state index >= 15 is 0 Å². The van der Waals surface area contributed by atoms with Crippen LogP contribution in [0.5, 0.6) is 0 Å². The predicted octanol–water partition coefficient (Wildman–Crippen LogP) is 2.80. The molecule has 2 aliphatic heterocycles. The van der Waals surface area contributed by atoms with Crippen LogP contribution in [-0.2, 0) is 31.9 Å². The SMILES string of the molecule is O=C(OCc1ccccc1)C1=NNC2(CC(=O)N(c3cccc(C(F)(F)F)c3)C2=O)C1. The van der Waals surface area contributed by atoms with E-state index in [1.165, 1.54) is 6.07 Å². The minimum atomic E-state index is -4.62. The van der Waals surface area contributed by atoms with Gasteiger partial charge in [-0.05, 0) is 23.8 Å². The van der Waals surface area contributed by atoms with Crippen LogP contribution in [0.1, 0.15) is 24.0 Å². The van der Waals surface area contributed by atoms with Gasteiger partial charge in [-0.1, -0.05) is 36.4 Å². The molecule has 160 valence electrons.